The minimum atomic E-state index is 0.0501. The van der Waals surface area contributed by atoms with Crippen LogP contribution in [0.4, 0.5) is 11.9 Å². The number of halogens is 1. The number of nitrogens with one attached hydrogen (secondary N) is 2. The van der Waals surface area contributed by atoms with Crippen LogP contribution in [-0.2, 0) is 0 Å². The SMILES string of the molecule is CCOc1nc(NC)nc(NC(C)c2ccc(Cl)s2)n1. The molecule has 0 fully saturated rings. The maximum atomic E-state index is 5.94. The van der Waals surface area contributed by atoms with Crippen molar-refractivity contribution in [1.82, 2.24) is 15.0 Å². The predicted molar refractivity (Wildman–Crippen MR) is 81.9 cm³/mol. The first kappa shape index (κ1) is 14.8. The molecule has 2 rings (SSSR count). The van der Waals surface area contributed by atoms with Crippen LogP contribution in [0, 0.1) is 0 Å². The molecular weight excluding hydrogens is 298 g/mol. The lowest BCUT2D eigenvalue weighted by molar-refractivity contribution is 0.312. The lowest BCUT2D eigenvalue weighted by Gasteiger charge is -2.13. The van der Waals surface area contributed by atoms with Gasteiger partial charge < -0.3 is 15.4 Å². The highest BCUT2D eigenvalue weighted by Crippen LogP contribution is 2.28. The van der Waals surface area contributed by atoms with E-state index in [9.17, 15) is 0 Å². The van der Waals surface area contributed by atoms with Crippen molar-refractivity contribution < 1.29 is 4.74 Å². The Morgan fingerprint density at radius 1 is 1.30 bits per heavy atom. The van der Waals surface area contributed by atoms with Crippen LogP contribution in [0.3, 0.4) is 0 Å². The smallest absolute Gasteiger partial charge is 0.323 e. The summed E-state index contributed by atoms with van der Waals surface area (Å²) in [5.41, 5.74) is 0. The van der Waals surface area contributed by atoms with E-state index in [0.717, 1.165) is 9.21 Å². The van der Waals surface area contributed by atoms with Gasteiger partial charge in [-0.25, -0.2) is 0 Å². The Balaban J connectivity index is 2.17. The lowest BCUT2D eigenvalue weighted by atomic mass is 10.3. The van der Waals surface area contributed by atoms with Crippen molar-refractivity contribution in [1.29, 1.82) is 0 Å². The van der Waals surface area contributed by atoms with E-state index >= 15 is 0 Å². The molecule has 2 aromatic heterocycles. The molecule has 8 heteroatoms. The zero-order chi connectivity index (χ0) is 14.5. The third-order valence-electron chi connectivity index (χ3n) is 2.48. The molecule has 0 aliphatic carbocycles. The third kappa shape index (κ3) is 3.71. The van der Waals surface area contributed by atoms with E-state index in [0.29, 0.717) is 24.5 Å². The molecular formula is C12H16ClN5OS. The van der Waals surface area contributed by atoms with Gasteiger partial charge in [0, 0.05) is 11.9 Å². The molecule has 6 nitrogen and oxygen atoms in total. The summed E-state index contributed by atoms with van der Waals surface area (Å²) in [6, 6.07) is 4.20. The number of thiophene rings is 1. The van der Waals surface area contributed by atoms with Crippen LogP contribution >= 0.6 is 22.9 Å². The minimum absolute atomic E-state index is 0.0501. The summed E-state index contributed by atoms with van der Waals surface area (Å²) in [5.74, 6) is 0.923. The average Bonchev–Trinajstić information content (AvgIpc) is 2.85. The minimum Gasteiger partial charge on any atom is -0.464 e. The summed E-state index contributed by atoms with van der Waals surface area (Å²) in [5, 5.41) is 6.10. The molecule has 2 heterocycles. The molecule has 0 radical (unpaired) electrons. The van der Waals surface area contributed by atoms with Crippen molar-refractivity contribution in [3.63, 3.8) is 0 Å². The molecule has 1 unspecified atom stereocenters. The van der Waals surface area contributed by atoms with Crippen LogP contribution in [0.5, 0.6) is 6.01 Å². The molecule has 0 aromatic carbocycles. The maximum absolute atomic E-state index is 5.94. The van der Waals surface area contributed by atoms with Crippen molar-refractivity contribution >= 4 is 34.8 Å². The quantitative estimate of drug-likeness (QED) is 0.853. The largest absolute Gasteiger partial charge is 0.464 e. The van der Waals surface area contributed by atoms with E-state index in [-0.39, 0.29) is 6.04 Å². The molecule has 0 saturated heterocycles. The fraction of sp³-hybridized carbons (Fsp3) is 0.417. The summed E-state index contributed by atoms with van der Waals surface area (Å²) in [6.45, 7) is 4.40. The van der Waals surface area contributed by atoms with Crippen LogP contribution < -0.4 is 15.4 Å². The second kappa shape index (κ2) is 6.71. The average molecular weight is 314 g/mol. The highest BCUT2D eigenvalue weighted by atomic mass is 35.5. The van der Waals surface area contributed by atoms with E-state index in [1.165, 1.54) is 11.3 Å². The van der Waals surface area contributed by atoms with E-state index in [4.69, 9.17) is 16.3 Å². The van der Waals surface area contributed by atoms with Gasteiger partial charge in [-0.2, -0.15) is 15.0 Å². The number of rotatable bonds is 6. The van der Waals surface area contributed by atoms with Gasteiger partial charge in [-0.1, -0.05) is 11.6 Å². The number of aromatic nitrogens is 3. The Kier molecular flexibility index (Phi) is 4.97. The zero-order valence-electron chi connectivity index (χ0n) is 11.5. The first-order chi connectivity index (χ1) is 9.62. The van der Waals surface area contributed by atoms with E-state index in [1.54, 1.807) is 7.05 Å². The van der Waals surface area contributed by atoms with Gasteiger partial charge in [0.05, 0.1) is 17.0 Å². The number of hydrogen-bond acceptors (Lipinski definition) is 7. The predicted octanol–water partition coefficient (Wildman–Crippen LogP) is 3.20. The number of hydrogen-bond donors (Lipinski definition) is 2. The van der Waals surface area contributed by atoms with Gasteiger partial charge in [-0.3, -0.25) is 0 Å². The molecule has 0 aliphatic rings. The van der Waals surface area contributed by atoms with Crippen LogP contribution in [0.15, 0.2) is 12.1 Å². The van der Waals surface area contributed by atoms with Crippen LogP contribution in [0.1, 0.15) is 24.8 Å². The third-order valence-corrected chi connectivity index (χ3v) is 3.89. The first-order valence-corrected chi connectivity index (χ1v) is 7.40. The van der Waals surface area contributed by atoms with Gasteiger partial charge in [-0.05, 0) is 26.0 Å². The zero-order valence-corrected chi connectivity index (χ0v) is 13.0. The van der Waals surface area contributed by atoms with E-state index < -0.39 is 0 Å². The van der Waals surface area contributed by atoms with Crippen molar-refractivity contribution in [3.8, 4) is 6.01 Å². The molecule has 0 aliphatic heterocycles. The van der Waals surface area contributed by atoms with Crippen molar-refractivity contribution in [2.45, 2.75) is 19.9 Å². The fourth-order valence-corrected chi connectivity index (χ4v) is 2.62. The normalized spacial score (nSPS) is 12.0. The number of nitrogens with zero attached hydrogens (tertiary/aromatic N) is 3. The Hall–Kier alpha value is -1.60. The van der Waals surface area contributed by atoms with Crippen LogP contribution in [0.2, 0.25) is 4.34 Å². The van der Waals surface area contributed by atoms with Crippen LogP contribution in [0.25, 0.3) is 0 Å². The van der Waals surface area contributed by atoms with E-state index in [1.807, 2.05) is 26.0 Å². The van der Waals surface area contributed by atoms with Crippen molar-refractivity contribution in [2.75, 3.05) is 24.3 Å². The molecule has 2 aromatic rings. The van der Waals surface area contributed by atoms with Gasteiger partial charge >= 0.3 is 6.01 Å². The fourth-order valence-electron chi connectivity index (χ4n) is 1.55. The topological polar surface area (TPSA) is 72.0 Å². The molecule has 0 bridgehead atoms. The highest BCUT2D eigenvalue weighted by molar-refractivity contribution is 7.16. The maximum Gasteiger partial charge on any atom is 0.323 e. The standard InChI is InChI=1S/C12H16ClN5OS/c1-4-19-12-17-10(14-3)16-11(18-12)15-7(2)8-5-6-9(13)20-8/h5-7H,4H2,1-3H3,(H2,14,15,16,17,18). The Labute approximate surface area is 126 Å². The molecule has 108 valence electrons. The highest BCUT2D eigenvalue weighted by Gasteiger charge is 2.12. The molecule has 2 N–H and O–H groups in total. The summed E-state index contributed by atoms with van der Waals surface area (Å²) in [6.07, 6.45) is 0. The molecule has 1 atom stereocenters. The Morgan fingerprint density at radius 2 is 2.05 bits per heavy atom. The Morgan fingerprint density at radius 3 is 2.65 bits per heavy atom. The molecule has 20 heavy (non-hydrogen) atoms. The first-order valence-electron chi connectivity index (χ1n) is 6.20. The van der Waals surface area contributed by atoms with E-state index in [2.05, 4.69) is 25.6 Å². The van der Waals surface area contributed by atoms with Gasteiger partial charge in [0.1, 0.15) is 0 Å². The number of anilines is 2. The summed E-state index contributed by atoms with van der Waals surface area (Å²) in [7, 11) is 1.75. The molecule has 0 saturated carbocycles. The van der Waals surface area contributed by atoms with Crippen molar-refractivity contribution in [2.24, 2.45) is 0 Å². The van der Waals surface area contributed by atoms with Crippen molar-refractivity contribution in [3.05, 3.63) is 21.3 Å². The number of ether oxygens (including phenoxy) is 1. The van der Waals surface area contributed by atoms with Gasteiger partial charge in [0.15, 0.2) is 0 Å². The monoisotopic (exact) mass is 313 g/mol. The second-order valence-corrected chi connectivity index (χ2v) is 5.70. The van der Waals surface area contributed by atoms with Gasteiger partial charge in [0.25, 0.3) is 0 Å². The second-order valence-electron chi connectivity index (χ2n) is 3.96. The van der Waals surface area contributed by atoms with Crippen LogP contribution in [-0.4, -0.2) is 28.6 Å². The van der Waals surface area contributed by atoms with Gasteiger partial charge in [-0.15, -0.1) is 11.3 Å². The molecule has 0 amide bonds. The summed E-state index contributed by atoms with van der Waals surface area (Å²) >= 11 is 7.47. The summed E-state index contributed by atoms with van der Waals surface area (Å²) < 4.78 is 6.08. The van der Waals surface area contributed by atoms with Gasteiger partial charge in [0.2, 0.25) is 11.9 Å². The molecule has 0 spiro atoms. The lowest BCUT2D eigenvalue weighted by Crippen LogP contribution is -2.11. The summed E-state index contributed by atoms with van der Waals surface area (Å²) in [4.78, 5) is 13.7. The Bertz CT molecular complexity index is 577.